The molecule has 0 bridgehead atoms. The lowest BCUT2D eigenvalue weighted by Crippen LogP contribution is -2.33. The molecule has 1 aromatic rings. The lowest BCUT2D eigenvalue weighted by molar-refractivity contribution is -0.528. The first kappa shape index (κ1) is 13.1. The Kier molecular flexibility index (Phi) is 3.55. The van der Waals surface area contributed by atoms with Gasteiger partial charge >= 0.3 is 0 Å². The molecule has 7 nitrogen and oxygen atoms in total. The van der Waals surface area contributed by atoms with E-state index in [-0.39, 0.29) is 35.7 Å². The number of nitro groups is 2. The van der Waals surface area contributed by atoms with Gasteiger partial charge in [0.2, 0.25) is 6.04 Å². The van der Waals surface area contributed by atoms with Crippen molar-refractivity contribution in [3.05, 3.63) is 50.1 Å². The minimum atomic E-state index is -0.792. The first-order valence-corrected chi connectivity index (χ1v) is 5.88. The van der Waals surface area contributed by atoms with Crippen molar-refractivity contribution in [3.8, 4) is 0 Å². The quantitative estimate of drug-likeness (QED) is 0.614. The summed E-state index contributed by atoms with van der Waals surface area (Å²) in [5, 5.41) is 21.6. The molecule has 7 heteroatoms. The molecule has 0 N–H and O–H groups in total. The molecule has 2 atom stereocenters. The maximum Gasteiger partial charge on any atom is 0.269 e. The number of hydrogen-bond acceptors (Lipinski definition) is 5. The van der Waals surface area contributed by atoms with E-state index in [1.165, 1.54) is 24.3 Å². The normalized spacial score (nSPS) is 23.1. The summed E-state index contributed by atoms with van der Waals surface area (Å²) >= 11 is 0. The van der Waals surface area contributed by atoms with E-state index in [0.29, 0.717) is 5.56 Å². The second-order valence-corrected chi connectivity index (χ2v) is 4.59. The van der Waals surface area contributed by atoms with E-state index in [1.54, 1.807) is 0 Å². The molecule has 0 spiro atoms. The van der Waals surface area contributed by atoms with E-state index in [2.05, 4.69) is 0 Å². The third-order valence-electron chi connectivity index (χ3n) is 3.43. The van der Waals surface area contributed by atoms with Crippen LogP contribution in [0.1, 0.15) is 30.7 Å². The van der Waals surface area contributed by atoms with Crippen LogP contribution in [0.5, 0.6) is 0 Å². The fraction of sp³-hybridized carbons (Fsp3) is 0.417. The molecular weight excluding hydrogens is 252 g/mol. The molecule has 0 aromatic heterocycles. The highest BCUT2D eigenvalue weighted by Crippen LogP contribution is 2.33. The molecule has 0 saturated heterocycles. The fourth-order valence-corrected chi connectivity index (χ4v) is 2.43. The van der Waals surface area contributed by atoms with E-state index in [4.69, 9.17) is 0 Å². The van der Waals surface area contributed by atoms with Crippen LogP contribution >= 0.6 is 0 Å². The number of Topliss-reactive ketones (excluding diaryl/α,β-unsaturated/α-hetero) is 1. The Morgan fingerprint density at radius 2 is 1.74 bits per heavy atom. The van der Waals surface area contributed by atoms with Crippen LogP contribution in [0.2, 0.25) is 0 Å². The molecule has 1 aliphatic rings. The highest BCUT2D eigenvalue weighted by molar-refractivity contribution is 5.80. The number of ketones is 1. The van der Waals surface area contributed by atoms with Crippen LogP contribution in [0.4, 0.5) is 5.69 Å². The van der Waals surface area contributed by atoms with Crippen molar-refractivity contribution in [1.82, 2.24) is 0 Å². The van der Waals surface area contributed by atoms with Gasteiger partial charge in [-0.15, -0.1) is 0 Å². The Balaban J connectivity index is 2.28. The van der Waals surface area contributed by atoms with Gasteiger partial charge in [0.25, 0.3) is 5.69 Å². The third-order valence-corrected chi connectivity index (χ3v) is 3.43. The summed E-state index contributed by atoms with van der Waals surface area (Å²) in [6.07, 6.45) is 0.589. The summed E-state index contributed by atoms with van der Waals surface area (Å²) < 4.78 is 0. The van der Waals surface area contributed by atoms with Crippen molar-refractivity contribution in [2.75, 3.05) is 0 Å². The lowest BCUT2D eigenvalue weighted by atomic mass is 9.79. The Bertz CT molecular complexity index is 525. The van der Waals surface area contributed by atoms with Crippen LogP contribution in [-0.4, -0.2) is 21.7 Å². The van der Waals surface area contributed by atoms with Gasteiger partial charge in [-0.3, -0.25) is 25.0 Å². The molecule has 0 radical (unpaired) electrons. The van der Waals surface area contributed by atoms with E-state index in [1.807, 2.05) is 0 Å². The number of benzene rings is 1. The van der Waals surface area contributed by atoms with Crippen molar-refractivity contribution < 1.29 is 14.6 Å². The predicted octanol–water partition coefficient (Wildman–Crippen LogP) is 2.08. The van der Waals surface area contributed by atoms with Gasteiger partial charge < -0.3 is 0 Å². The summed E-state index contributed by atoms with van der Waals surface area (Å²) in [7, 11) is 0. The molecule has 2 rings (SSSR count). The maximum atomic E-state index is 11.5. The van der Waals surface area contributed by atoms with Gasteiger partial charge in [-0.1, -0.05) is 12.1 Å². The Morgan fingerprint density at radius 3 is 2.26 bits per heavy atom. The maximum absolute atomic E-state index is 11.5. The Morgan fingerprint density at radius 1 is 1.11 bits per heavy atom. The second kappa shape index (κ2) is 5.13. The topological polar surface area (TPSA) is 103 Å². The highest BCUT2D eigenvalue weighted by atomic mass is 16.6. The molecule has 100 valence electrons. The predicted molar refractivity (Wildman–Crippen MR) is 65.5 cm³/mol. The van der Waals surface area contributed by atoms with Crippen LogP contribution in [0, 0.1) is 20.2 Å². The number of rotatable bonds is 3. The van der Waals surface area contributed by atoms with Crippen LogP contribution in [0.3, 0.4) is 0 Å². The standard InChI is InChI=1S/C12H12N2O5/c15-10-5-6-12(14(18)19)11(7-10)8-1-3-9(4-2-8)13(16)17/h1-4,11-12H,5-7H2/t11-,12+/m0/s1. The Hall–Kier alpha value is -2.31. The highest BCUT2D eigenvalue weighted by Gasteiger charge is 2.38. The van der Waals surface area contributed by atoms with E-state index in [0.717, 1.165) is 0 Å². The van der Waals surface area contributed by atoms with Crippen molar-refractivity contribution >= 4 is 11.5 Å². The zero-order valence-corrected chi connectivity index (χ0v) is 10.0. The van der Waals surface area contributed by atoms with Gasteiger partial charge in [0.05, 0.1) is 10.8 Å². The van der Waals surface area contributed by atoms with Gasteiger partial charge in [-0.05, 0) is 5.56 Å². The van der Waals surface area contributed by atoms with Gasteiger partial charge in [0, 0.05) is 36.3 Å². The van der Waals surface area contributed by atoms with E-state index >= 15 is 0 Å². The summed E-state index contributed by atoms with van der Waals surface area (Å²) in [6.45, 7) is 0. The first-order valence-electron chi connectivity index (χ1n) is 5.88. The molecule has 0 heterocycles. The molecule has 1 saturated carbocycles. The largest absolute Gasteiger partial charge is 0.300 e. The molecule has 19 heavy (non-hydrogen) atoms. The number of non-ortho nitro benzene ring substituents is 1. The fourth-order valence-electron chi connectivity index (χ4n) is 2.43. The monoisotopic (exact) mass is 264 g/mol. The van der Waals surface area contributed by atoms with Gasteiger partial charge in [-0.25, -0.2) is 0 Å². The van der Waals surface area contributed by atoms with Crippen molar-refractivity contribution in [1.29, 1.82) is 0 Å². The smallest absolute Gasteiger partial charge is 0.269 e. The zero-order chi connectivity index (χ0) is 14.0. The second-order valence-electron chi connectivity index (χ2n) is 4.59. The summed E-state index contributed by atoms with van der Waals surface area (Å²) in [4.78, 5) is 32.1. The molecule has 1 fully saturated rings. The molecule has 1 aliphatic carbocycles. The average molecular weight is 264 g/mol. The van der Waals surface area contributed by atoms with Gasteiger partial charge in [-0.2, -0.15) is 0 Å². The van der Waals surface area contributed by atoms with Crippen molar-refractivity contribution in [3.63, 3.8) is 0 Å². The minimum Gasteiger partial charge on any atom is -0.300 e. The Labute approximate surface area is 108 Å². The molecular formula is C12H12N2O5. The molecule has 1 aromatic carbocycles. The van der Waals surface area contributed by atoms with Crippen molar-refractivity contribution in [2.45, 2.75) is 31.2 Å². The number of hydrogen-bond donors (Lipinski definition) is 0. The summed E-state index contributed by atoms with van der Waals surface area (Å²) in [6, 6.07) is 4.83. The average Bonchev–Trinajstić information content (AvgIpc) is 2.38. The van der Waals surface area contributed by atoms with Crippen LogP contribution in [-0.2, 0) is 4.79 Å². The van der Waals surface area contributed by atoms with Crippen LogP contribution in [0.15, 0.2) is 24.3 Å². The molecule has 0 amide bonds. The summed E-state index contributed by atoms with van der Waals surface area (Å²) in [5.41, 5.74) is 0.545. The lowest BCUT2D eigenvalue weighted by Gasteiger charge is -2.24. The van der Waals surface area contributed by atoms with E-state index in [9.17, 15) is 25.0 Å². The zero-order valence-electron chi connectivity index (χ0n) is 10.0. The van der Waals surface area contributed by atoms with Crippen molar-refractivity contribution in [2.24, 2.45) is 0 Å². The van der Waals surface area contributed by atoms with Gasteiger partial charge in [0.15, 0.2) is 0 Å². The minimum absolute atomic E-state index is 0.00135. The molecule has 0 aliphatic heterocycles. The number of nitrogens with zero attached hydrogens (tertiary/aromatic N) is 2. The van der Waals surface area contributed by atoms with Crippen LogP contribution in [0.25, 0.3) is 0 Å². The van der Waals surface area contributed by atoms with Gasteiger partial charge in [0.1, 0.15) is 5.78 Å². The number of nitro benzene ring substituents is 1. The number of carbonyl (C=O) groups is 1. The van der Waals surface area contributed by atoms with Crippen LogP contribution < -0.4 is 0 Å². The SMILES string of the molecule is O=C1CC[C@@H]([N+](=O)[O-])[C@H](c2ccc([N+](=O)[O-])cc2)C1. The first-order chi connectivity index (χ1) is 8.99. The molecule has 0 unspecified atom stereocenters. The van der Waals surface area contributed by atoms with E-state index < -0.39 is 16.9 Å². The third kappa shape index (κ3) is 2.75. The summed E-state index contributed by atoms with van der Waals surface area (Å²) in [5.74, 6) is -0.487. The number of carbonyl (C=O) groups excluding carboxylic acids is 1.